The Morgan fingerprint density at radius 2 is 2.14 bits per heavy atom. The van der Waals surface area contributed by atoms with Crippen molar-refractivity contribution in [3.05, 3.63) is 28.0 Å². The normalized spacial score (nSPS) is 11.7. The molecular formula is C11H6Cl2F2N4S2. The lowest BCUT2D eigenvalue weighted by molar-refractivity contribution is 0.150. The largest absolute Gasteiger partial charge is 0.295 e. The fourth-order valence-corrected chi connectivity index (χ4v) is 3.58. The van der Waals surface area contributed by atoms with Crippen molar-refractivity contribution in [2.24, 2.45) is 0 Å². The van der Waals surface area contributed by atoms with E-state index in [0.29, 0.717) is 32.0 Å². The van der Waals surface area contributed by atoms with Crippen LogP contribution in [0.15, 0.2) is 17.2 Å². The second-order valence-electron chi connectivity index (χ2n) is 4.09. The zero-order chi connectivity index (χ0) is 15.1. The van der Waals surface area contributed by atoms with Crippen molar-refractivity contribution in [2.45, 2.75) is 18.2 Å². The molecule has 0 aliphatic heterocycles. The topological polar surface area (TPSA) is 43.1 Å². The lowest BCUT2D eigenvalue weighted by atomic mass is 10.3. The first-order valence-corrected chi connectivity index (χ1v) is 8.43. The Kier molecular flexibility index (Phi) is 4.04. The Balaban J connectivity index is 2.24. The average molecular weight is 367 g/mol. The highest BCUT2D eigenvalue weighted by atomic mass is 35.7. The second kappa shape index (κ2) is 5.68. The molecule has 0 spiro atoms. The highest BCUT2D eigenvalue weighted by Crippen LogP contribution is 2.34. The Morgan fingerprint density at radius 3 is 2.76 bits per heavy atom. The molecule has 0 aliphatic rings. The summed E-state index contributed by atoms with van der Waals surface area (Å²) in [7, 11) is 6.76. The van der Waals surface area contributed by atoms with Crippen molar-refractivity contribution in [2.75, 3.05) is 0 Å². The summed E-state index contributed by atoms with van der Waals surface area (Å²) in [6.07, 6.45) is -0.918. The summed E-state index contributed by atoms with van der Waals surface area (Å²) in [4.78, 5) is 5.07. The molecule has 0 saturated heterocycles. The van der Waals surface area contributed by atoms with Crippen molar-refractivity contribution in [3.8, 4) is 10.8 Å². The lowest BCUT2D eigenvalue weighted by Gasteiger charge is -2.02. The Hall–Kier alpha value is -0.960. The molecule has 0 radical (unpaired) electrons. The van der Waals surface area contributed by atoms with Gasteiger partial charge in [-0.1, -0.05) is 22.9 Å². The van der Waals surface area contributed by atoms with Crippen molar-refractivity contribution in [3.63, 3.8) is 0 Å². The molecule has 4 nitrogen and oxygen atoms in total. The number of imidazole rings is 1. The number of pyridine rings is 1. The van der Waals surface area contributed by atoms with E-state index in [0.717, 1.165) is 22.3 Å². The predicted octanol–water partition coefficient (Wildman–Crippen LogP) is 5.00. The van der Waals surface area contributed by atoms with Crippen molar-refractivity contribution >= 4 is 50.1 Å². The molecule has 10 heteroatoms. The number of nitrogens with zero attached hydrogens (tertiary/aromatic N) is 4. The molecule has 0 saturated carbocycles. The number of hydrogen-bond donors (Lipinski definition) is 0. The molecule has 110 valence electrons. The van der Waals surface area contributed by atoms with Crippen LogP contribution >= 0.6 is 44.6 Å². The summed E-state index contributed by atoms with van der Waals surface area (Å²) in [6, 6.07) is 1.72. The number of halogens is 4. The zero-order valence-electron chi connectivity index (χ0n) is 10.3. The smallest absolute Gasteiger partial charge is 0.291 e. The first kappa shape index (κ1) is 15.0. The van der Waals surface area contributed by atoms with Gasteiger partial charge in [0.05, 0.1) is 16.2 Å². The van der Waals surface area contributed by atoms with Gasteiger partial charge in [-0.3, -0.25) is 4.40 Å². The molecule has 0 N–H and O–H groups in total. The van der Waals surface area contributed by atoms with Gasteiger partial charge in [-0.15, -0.1) is 10.2 Å². The summed E-state index contributed by atoms with van der Waals surface area (Å²) < 4.78 is 27.0. The molecule has 0 fully saturated rings. The van der Waals surface area contributed by atoms with Crippen LogP contribution in [0, 0.1) is 6.92 Å². The molecule has 0 amide bonds. The van der Waals surface area contributed by atoms with Crippen molar-refractivity contribution in [1.29, 1.82) is 0 Å². The van der Waals surface area contributed by atoms with Gasteiger partial charge in [-0.25, -0.2) is 13.8 Å². The van der Waals surface area contributed by atoms with E-state index in [1.807, 2.05) is 0 Å². The third kappa shape index (κ3) is 2.61. The molecule has 3 aromatic rings. The Bertz CT molecular complexity index is 818. The van der Waals surface area contributed by atoms with E-state index < -0.39 is 6.43 Å². The summed E-state index contributed by atoms with van der Waals surface area (Å²) in [5, 5.41) is 7.70. The number of hydrogen-bond acceptors (Lipinski definition) is 5. The molecule has 0 atom stereocenters. The second-order valence-corrected chi connectivity index (χ2v) is 6.59. The Morgan fingerprint density at radius 1 is 1.38 bits per heavy atom. The number of fused-ring (bicyclic) bond motifs is 1. The first-order valence-electron chi connectivity index (χ1n) is 5.60. The molecule has 3 aromatic heterocycles. The van der Waals surface area contributed by atoms with E-state index >= 15 is 0 Å². The molecule has 0 aliphatic carbocycles. The van der Waals surface area contributed by atoms with Gasteiger partial charge in [-0.05, 0) is 34.6 Å². The first-order chi connectivity index (χ1) is 10.0. The van der Waals surface area contributed by atoms with Crippen LogP contribution in [0.4, 0.5) is 8.78 Å². The van der Waals surface area contributed by atoms with Crippen LogP contribution in [0.5, 0.6) is 0 Å². The standard InChI is InChI=1S/C11H6Cl2F2N4S2/c1-4-7-6(12)2-5(21-13)3-19(7)9(16-4)11-18-17-10(20-11)8(14)15/h2-3,8H,1H3. The van der Waals surface area contributed by atoms with Crippen LogP contribution in [0.2, 0.25) is 5.02 Å². The minimum absolute atomic E-state index is 0.307. The van der Waals surface area contributed by atoms with E-state index in [4.69, 9.17) is 22.3 Å². The van der Waals surface area contributed by atoms with Crippen LogP contribution in [0.25, 0.3) is 16.3 Å². The monoisotopic (exact) mass is 366 g/mol. The summed E-state index contributed by atoms with van der Waals surface area (Å²) >= 11 is 7.02. The van der Waals surface area contributed by atoms with E-state index in [-0.39, 0.29) is 5.01 Å². The maximum Gasteiger partial charge on any atom is 0.291 e. The van der Waals surface area contributed by atoms with Gasteiger partial charge < -0.3 is 0 Å². The van der Waals surface area contributed by atoms with Crippen LogP contribution in [0.1, 0.15) is 17.1 Å². The van der Waals surface area contributed by atoms with E-state index in [1.54, 1.807) is 23.6 Å². The highest BCUT2D eigenvalue weighted by Gasteiger charge is 2.20. The molecule has 0 aromatic carbocycles. The Labute approximate surface area is 135 Å². The fourth-order valence-electron chi connectivity index (χ4n) is 1.92. The van der Waals surface area contributed by atoms with Crippen LogP contribution < -0.4 is 0 Å². The van der Waals surface area contributed by atoms with Crippen molar-refractivity contribution in [1.82, 2.24) is 19.6 Å². The maximum atomic E-state index is 12.6. The van der Waals surface area contributed by atoms with Gasteiger partial charge >= 0.3 is 0 Å². The summed E-state index contributed by atoms with van der Waals surface area (Å²) in [5.41, 5.74) is 1.37. The van der Waals surface area contributed by atoms with Gasteiger partial charge in [-0.2, -0.15) is 0 Å². The number of rotatable bonds is 3. The zero-order valence-corrected chi connectivity index (χ0v) is 13.5. The predicted molar refractivity (Wildman–Crippen MR) is 80.5 cm³/mol. The number of alkyl halides is 2. The van der Waals surface area contributed by atoms with Gasteiger partial charge in [0.1, 0.15) is 0 Å². The lowest BCUT2D eigenvalue weighted by Crippen LogP contribution is -1.90. The molecular weight excluding hydrogens is 361 g/mol. The van der Waals surface area contributed by atoms with Gasteiger partial charge in [0.15, 0.2) is 15.8 Å². The fraction of sp³-hybridized carbons (Fsp3) is 0.182. The van der Waals surface area contributed by atoms with Gasteiger partial charge in [0.2, 0.25) is 0 Å². The third-order valence-electron chi connectivity index (χ3n) is 2.74. The maximum absolute atomic E-state index is 12.6. The number of aromatic nitrogens is 4. The number of aryl methyl sites for hydroxylation is 1. The molecule has 3 rings (SSSR count). The van der Waals surface area contributed by atoms with Crippen LogP contribution in [-0.4, -0.2) is 19.6 Å². The average Bonchev–Trinajstić information content (AvgIpc) is 3.03. The minimum atomic E-state index is -2.65. The van der Waals surface area contributed by atoms with E-state index in [2.05, 4.69) is 15.2 Å². The molecule has 21 heavy (non-hydrogen) atoms. The van der Waals surface area contributed by atoms with Crippen molar-refractivity contribution < 1.29 is 8.78 Å². The SMILES string of the molecule is Cc1nc(-c2nnc(C(F)F)s2)n2cc(SCl)cc(Cl)c12. The molecule has 3 heterocycles. The minimum Gasteiger partial charge on any atom is -0.295 e. The molecule has 0 bridgehead atoms. The van der Waals surface area contributed by atoms with Gasteiger partial charge in [0.25, 0.3) is 6.43 Å². The van der Waals surface area contributed by atoms with E-state index in [1.165, 1.54) is 0 Å². The highest BCUT2D eigenvalue weighted by molar-refractivity contribution is 8.21. The van der Waals surface area contributed by atoms with Crippen LogP contribution in [-0.2, 0) is 0 Å². The summed E-state index contributed by atoms with van der Waals surface area (Å²) in [5.74, 6) is 0.418. The third-order valence-corrected chi connectivity index (χ3v) is 4.90. The molecule has 0 unspecified atom stereocenters. The summed E-state index contributed by atoms with van der Waals surface area (Å²) in [6.45, 7) is 1.79. The quantitative estimate of drug-likeness (QED) is 0.654. The van der Waals surface area contributed by atoms with Gasteiger partial charge in [0, 0.05) is 11.1 Å². The van der Waals surface area contributed by atoms with E-state index in [9.17, 15) is 8.78 Å². The van der Waals surface area contributed by atoms with Crippen LogP contribution in [0.3, 0.4) is 0 Å².